The van der Waals surface area contributed by atoms with Crippen LogP contribution in [0, 0.1) is 0 Å². The highest BCUT2D eigenvalue weighted by Gasteiger charge is 2.02. The van der Waals surface area contributed by atoms with Gasteiger partial charge < -0.3 is 0 Å². The Balaban J connectivity index is 0. The minimum absolute atomic E-state index is 0. The van der Waals surface area contributed by atoms with Crippen LogP contribution in [-0.2, 0) is 4.57 Å². The van der Waals surface area contributed by atoms with Gasteiger partial charge in [-0.15, -0.1) is 0 Å². The zero-order valence-electron chi connectivity index (χ0n) is 2.57. The van der Waals surface area contributed by atoms with Gasteiger partial charge in [-0.1, -0.05) is 0 Å². The predicted octanol–water partition coefficient (Wildman–Crippen LogP) is 2.43. The van der Waals surface area contributed by atoms with Crippen LogP contribution in [0.4, 0.5) is 0 Å². The molecule has 0 aliphatic heterocycles. The zero-order chi connectivity index (χ0) is 4.50. The minimum atomic E-state index is -3.22. The molecule has 0 saturated heterocycles. The fraction of sp³-hybridized carbons (Fsp3) is 0. The Morgan fingerprint density at radius 1 is 1.17 bits per heavy atom. The number of hydrogen-bond donors (Lipinski definition) is 0. The SMILES string of the molecule is O=P(Cl)(Cl)Cl.[B]. The molecule has 0 aliphatic carbocycles. The van der Waals surface area contributed by atoms with Gasteiger partial charge in [0.1, 0.15) is 0 Å². The van der Waals surface area contributed by atoms with Crippen molar-refractivity contribution in [2.75, 3.05) is 0 Å². The molecule has 1 nitrogen and oxygen atoms in total. The molecular weight excluding hydrogens is 164 g/mol. The maximum absolute atomic E-state index is 9.51. The van der Waals surface area contributed by atoms with Crippen molar-refractivity contribution in [1.82, 2.24) is 0 Å². The molecule has 0 atom stereocenters. The van der Waals surface area contributed by atoms with Crippen LogP contribution in [0.5, 0.6) is 0 Å². The zero-order valence-corrected chi connectivity index (χ0v) is 5.73. The van der Waals surface area contributed by atoms with Gasteiger partial charge >= 0.3 is 5.20 Å². The Morgan fingerprint density at radius 2 is 1.17 bits per heavy atom. The quantitative estimate of drug-likeness (QED) is 0.397. The second-order valence-electron chi connectivity index (χ2n) is 0.399. The van der Waals surface area contributed by atoms with Crippen LogP contribution in [0.2, 0.25) is 0 Å². The average Bonchev–Trinajstić information content (AvgIpc) is 0.722. The third-order valence-electron chi connectivity index (χ3n) is 0. The van der Waals surface area contributed by atoms with Crippen molar-refractivity contribution in [3.63, 3.8) is 0 Å². The molecule has 0 aliphatic rings. The summed E-state index contributed by atoms with van der Waals surface area (Å²) >= 11 is 13.8. The molecule has 0 saturated carbocycles. The third-order valence-corrected chi connectivity index (χ3v) is 0. The fourth-order valence-electron chi connectivity index (χ4n) is 0. The molecular formula is BCl3OP. The van der Waals surface area contributed by atoms with Crippen molar-refractivity contribution in [2.24, 2.45) is 0 Å². The molecule has 35 valence electrons. The molecule has 3 radical (unpaired) electrons. The summed E-state index contributed by atoms with van der Waals surface area (Å²) in [4.78, 5) is 0. The summed E-state index contributed by atoms with van der Waals surface area (Å²) in [5.41, 5.74) is 0. The molecule has 0 spiro atoms. The van der Waals surface area contributed by atoms with E-state index in [0.717, 1.165) is 0 Å². The standard InChI is InChI=1S/B.Cl3OP/c;1-5(2,3)4. The summed E-state index contributed by atoms with van der Waals surface area (Å²) < 4.78 is 9.51. The molecule has 0 heterocycles. The molecule has 0 aromatic heterocycles. The Hall–Kier alpha value is 1.16. The maximum atomic E-state index is 9.51. The van der Waals surface area contributed by atoms with E-state index in [0.29, 0.717) is 0 Å². The van der Waals surface area contributed by atoms with Gasteiger partial charge in [0.25, 0.3) is 0 Å². The van der Waals surface area contributed by atoms with Gasteiger partial charge in [0, 0.05) is 8.41 Å². The molecule has 0 bridgehead atoms. The molecule has 0 rings (SSSR count). The van der Waals surface area contributed by atoms with Crippen molar-refractivity contribution >= 4 is 47.3 Å². The van der Waals surface area contributed by atoms with Gasteiger partial charge in [0.2, 0.25) is 0 Å². The van der Waals surface area contributed by atoms with Gasteiger partial charge in [-0.3, -0.25) is 4.57 Å². The summed E-state index contributed by atoms with van der Waals surface area (Å²) in [5.74, 6) is 0. The van der Waals surface area contributed by atoms with Crippen molar-refractivity contribution < 1.29 is 4.57 Å². The minimum Gasteiger partial charge on any atom is -0.271 e. The van der Waals surface area contributed by atoms with Crippen molar-refractivity contribution in [1.29, 1.82) is 0 Å². The summed E-state index contributed by atoms with van der Waals surface area (Å²) in [7, 11) is 0. The van der Waals surface area contributed by atoms with Gasteiger partial charge in [-0.05, 0) is 33.7 Å². The van der Waals surface area contributed by atoms with Crippen LogP contribution >= 0.6 is 38.9 Å². The fourth-order valence-corrected chi connectivity index (χ4v) is 0. The van der Waals surface area contributed by atoms with E-state index in [2.05, 4.69) is 33.7 Å². The molecule has 0 aromatic rings. The molecule has 0 amide bonds. The first-order valence-corrected chi connectivity index (χ1v) is 5.11. The lowest BCUT2D eigenvalue weighted by atomic mass is 10.8. The summed E-state index contributed by atoms with van der Waals surface area (Å²) in [5, 5.41) is -3.22. The highest BCUT2D eigenvalue weighted by molar-refractivity contribution is 8.24. The smallest absolute Gasteiger partial charge is 0.271 e. The molecule has 6 heavy (non-hydrogen) atoms. The van der Waals surface area contributed by atoms with Crippen LogP contribution < -0.4 is 0 Å². The number of halogens is 3. The molecule has 0 fully saturated rings. The number of hydrogen-bond acceptors (Lipinski definition) is 1. The van der Waals surface area contributed by atoms with E-state index in [1.54, 1.807) is 0 Å². The Bertz CT molecular complexity index is 56.9. The molecule has 6 heteroatoms. The Kier molecular flexibility index (Phi) is 5.45. The van der Waals surface area contributed by atoms with Crippen LogP contribution in [0.1, 0.15) is 0 Å². The highest BCUT2D eigenvalue weighted by Crippen LogP contribution is 2.61. The van der Waals surface area contributed by atoms with E-state index < -0.39 is 5.20 Å². The molecule has 0 N–H and O–H groups in total. The molecule has 0 unspecified atom stereocenters. The first-order valence-electron chi connectivity index (χ1n) is 0.690. The Labute approximate surface area is 52.3 Å². The van der Waals surface area contributed by atoms with Gasteiger partial charge in [-0.25, -0.2) is 0 Å². The normalized spacial score (nSPS) is 9.83. The van der Waals surface area contributed by atoms with Crippen LogP contribution in [-0.4, -0.2) is 8.41 Å². The Morgan fingerprint density at radius 3 is 1.17 bits per heavy atom. The lowest BCUT2D eigenvalue weighted by Gasteiger charge is -1.74. The van der Waals surface area contributed by atoms with Crippen LogP contribution in [0.15, 0.2) is 0 Å². The lowest BCUT2D eigenvalue weighted by Crippen LogP contribution is -1.19. The second-order valence-corrected chi connectivity index (χ2v) is 7.04. The van der Waals surface area contributed by atoms with E-state index in [-0.39, 0.29) is 8.41 Å². The van der Waals surface area contributed by atoms with Crippen molar-refractivity contribution in [3.05, 3.63) is 0 Å². The van der Waals surface area contributed by atoms with E-state index in [1.807, 2.05) is 0 Å². The monoisotopic (exact) mass is 163 g/mol. The first-order chi connectivity index (χ1) is 2.00. The van der Waals surface area contributed by atoms with E-state index in [9.17, 15) is 4.57 Å². The van der Waals surface area contributed by atoms with E-state index in [1.165, 1.54) is 0 Å². The van der Waals surface area contributed by atoms with Gasteiger partial charge in [-0.2, -0.15) is 0 Å². The van der Waals surface area contributed by atoms with Crippen LogP contribution in [0.25, 0.3) is 0 Å². The van der Waals surface area contributed by atoms with Crippen molar-refractivity contribution in [3.8, 4) is 0 Å². The van der Waals surface area contributed by atoms with Gasteiger partial charge in [0.05, 0.1) is 0 Å². The van der Waals surface area contributed by atoms with E-state index >= 15 is 0 Å². The maximum Gasteiger partial charge on any atom is 0.339 e. The van der Waals surface area contributed by atoms with E-state index in [4.69, 9.17) is 0 Å². The third kappa shape index (κ3) is 66.0. The largest absolute Gasteiger partial charge is 0.339 e. The summed E-state index contributed by atoms with van der Waals surface area (Å²) in [6, 6.07) is 0. The second kappa shape index (κ2) is 3.20. The predicted molar refractivity (Wildman–Crippen MR) is 30.9 cm³/mol. The van der Waals surface area contributed by atoms with Gasteiger partial charge in [0.15, 0.2) is 0 Å². The first kappa shape index (κ1) is 10.2. The van der Waals surface area contributed by atoms with Crippen LogP contribution in [0.3, 0.4) is 0 Å². The topological polar surface area (TPSA) is 17.1 Å². The molecule has 0 aromatic carbocycles. The van der Waals surface area contributed by atoms with Crippen molar-refractivity contribution in [2.45, 2.75) is 0 Å². The average molecular weight is 164 g/mol. The summed E-state index contributed by atoms with van der Waals surface area (Å²) in [6.45, 7) is 0. The number of rotatable bonds is 0. The summed E-state index contributed by atoms with van der Waals surface area (Å²) in [6.07, 6.45) is 0. The lowest BCUT2D eigenvalue weighted by molar-refractivity contribution is 0.600. The highest BCUT2D eigenvalue weighted by atomic mass is 36.0.